The van der Waals surface area contributed by atoms with Gasteiger partial charge in [0.1, 0.15) is 0 Å². The zero-order valence-electron chi connectivity index (χ0n) is 29.5. The van der Waals surface area contributed by atoms with E-state index >= 15 is 0 Å². The SMILES string of the molecule is c1ccc(-c2ccc(N(c3ccc(-c4cccc(-n5c6ccccc6c6ccccc65)c4)cc3)c3cc4c5c(cccc5c3)-c3ccccc3-4)cc2)cc1. The van der Waals surface area contributed by atoms with Gasteiger partial charge in [-0.05, 0) is 116 Å². The first-order chi connectivity index (χ1) is 26.8. The van der Waals surface area contributed by atoms with Crippen molar-refractivity contribution in [2.24, 2.45) is 0 Å². The van der Waals surface area contributed by atoms with Crippen molar-refractivity contribution in [1.82, 2.24) is 4.57 Å². The van der Waals surface area contributed by atoms with Crippen LogP contribution in [-0.4, -0.2) is 4.57 Å². The smallest absolute Gasteiger partial charge is 0.0541 e. The average molecular weight is 687 g/mol. The Kier molecular flexibility index (Phi) is 6.90. The summed E-state index contributed by atoms with van der Waals surface area (Å²) in [5.41, 5.74) is 16.9. The fraction of sp³-hybridized carbons (Fsp3) is 0. The van der Waals surface area contributed by atoms with Gasteiger partial charge in [-0.2, -0.15) is 0 Å². The highest BCUT2D eigenvalue weighted by atomic mass is 15.1. The van der Waals surface area contributed by atoms with Crippen LogP contribution in [-0.2, 0) is 0 Å². The van der Waals surface area contributed by atoms with Crippen LogP contribution in [0.1, 0.15) is 0 Å². The largest absolute Gasteiger partial charge is 0.310 e. The van der Waals surface area contributed by atoms with Gasteiger partial charge in [0.2, 0.25) is 0 Å². The van der Waals surface area contributed by atoms with Crippen LogP contribution in [0.4, 0.5) is 17.1 Å². The van der Waals surface area contributed by atoms with Gasteiger partial charge >= 0.3 is 0 Å². The summed E-state index contributed by atoms with van der Waals surface area (Å²) in [6, 6.07) is 75.2. The molecule has 0 N–H and O–H groups in total. The van der Waals surface area contributed by atoms with Crippen LogP contribution in [0.2, 0.25) is 0 Å². The monoisotopic (exact) mass is 686 g/mol. The molecule has 0 saturated heterocycles. The topological polar surface area (TPSA) is 8.17 Å². The van der Waals surface area contributed by atoms with Gasteiger partial charge in [0.05, 0.1) is 11.0 Å². The molecule has 0 bridgehead atoms. The number of anilines is 3. The molecule has 0 fully saturated rings. The average Bonchev–Trinajstić information content (AvgIpc) is 3.76. The molecule has 252 valence electrons. The van der Waals surface area contributed by atoms with Gasteiger partial charge in [-0.15, -0.1) is 0 Å². The first-order valence-electron chi connectivity index (χ1n) is 18.6. The molecule has 1 aliphatic carbocycles. The van der Waals surface area contributed by atoms with E-state index in [1.807, 2.05) is 0 Å². The van der Waals surface area contributed by atoms with Crippen LogP contribution in [0.25, 0.3) is 82.8 Å². The lowest BCUT2D eigenvalue weighted by Crippen LogP contribution is -2.10. The van der Waals surface area contributed by atoms with E-state index in [-0.39, 0.29) is 0 Å². The molecule has 1 aliphatic rings. The van der Waals surface area contributed by atoms with E-state index < -0.39 is 0 Å². The summed E-state index contributed by atoms with van der Waals surface area (Å²) in [5.74, 6) is 0. The molecule has 2 heteroatoms. The van der Waals surface area contributed by atoms with Gasteiger partial charge in [-0.25, -0.2) is 0 Å². The van der Waals surface area contributed by atoms with Crippen LogP contribution in [0, 0.1) is 0 Å². The minimum absolute atomic E-state index is 1.11. The van der Waals surface area contributed by atoms with Crippen LogP contribution < -0.4 is 4.90 Å². The van der Waals surface area contributed by atoms with Gasteiger partial charge in [0.15, 0.2) is 0 Å². The Labute approximate surface area is 314 Å². The van der Waals surface area contributed by atoms with Gasteiger partial charge in [-0.3, -0.25) is 0 Å². The number of para-hydroxylation sites is 2. The number of benzene rings is 9. The summed E-state index contributed by atoms with van der Waals surface area (Å²) in [5, 5.41) is 5.12. The number of nitrogens with zero attached hydrogens (tertiary/aromatic N) is 2. The van der Waals surface area contributed by atoms with E-state index in [0.717, 1.165) is 22.7 Å². The Balaban J connectivity index is 1.03. The lowest BCUT2D eigenvalue weighted by molar-refractivity contribution is 1.18. The van der Waals surface area contributed by atoms with Crippen LogP contribution in [0.3, 0.4) is 0 Å². The Bertz CT molecular complexity index is 2970. The summed E-state index contributed by atoms with van der Waals surface area (Å²) in [7, 11) is 0. The maximum Gasteiger partial charge on any atom is 0.0541 e. The molecule has 1 aromatic heterocycles. The molecule has 10 aromatic rings. The van der Waals surface area contributed by atoms with Crippen LogP contribution in [0.15, 0.2) is 206 Å². The Morgan fingerprint density at radius 3 is 1.52 bits per heavy atom. The third-order valence-corrected chi connectivity index (χ3v) is 11.1. The second-order valence-electron chi connectivity index (χ2n) is 14.2. The molecule has 11 rings (SSSR count). The van der Waals surface area contributed by atoms with Crippen molar-refractivity contribution in [3.05, 3.63) is 206 Å². The molecule has 0 saturated carbocycles. The molecule has 1 heterocycles. The van der Waals surface area contributed by atoms with E-state index in [1.54, 1.807) is 0 Å². The van der Waals surface area contributed by atoms with E-state index in [0.29, 0.717) is 0 Å². The lowest BCUT2D eigenvalue weighted by atomic mass is 10.00. The predicted molar refractivity (Wildman–Crippen MR) is 228 cm³/mol. The summed E-state index contributed by atoms with van der Waals surface area (Å²) < 4.78 is 2.39. The van der Waals surface area contributed by atoms with E-state index in [9.17, 15) is 0 Å². The molecule has 0 spiro atoms. The fourth-order valence-corrected chi connectivity index (χ4v) is 8.64. The number of rotatable bonds is 6. The Morgan fingerprint density at radius 1 is 0.315 bits per heavy atom. The third-order valence-electron chi connectivity index (χ3n) is 11.1. The molecule has 0 aliphatic heterocycles. The number of hydrogen-bond donors (Lipinski definition) is 0. The Morgan fingerprint density at radius 2 is 0.833 bits per heavy atom. The first-order valence-corrected chi connectivity index (χ1v) is 18.6. The van der Waals surface area contributed by atoms with Crippen molar-refractivity contribution in [3.8, 4) is 50.2 Å². The molecular formula is C52H34N2. The third kappa shape index (κ3) is 4.81. The van der Waals surface area contributed by atoms with Crippen molar-refractivity contribution in [3.63, 3.8) is 0 Å². The molecule has 0 atom stereocenters. The van der Waals surface area contributed by atoms with Crippen molar-refractivity contribution < 1.29 is 0 Å². The van der Waals surface area contributed by atoms with E-state index in [1.165, 1.54) is 77.1 Å². The van der Waals surface area contributed by atoms with Crippen LogP contribution in [0.5, 0.6) is 0 Å². The predicted octanol–water partition coefficient (Wildman–Crippen LogP) is 14.4. The molecule has 0 amide bonds. The second-order valence-corrected chi connectivity index (χ2v) is 14.2. The normalized spacial score (nSPS) is 11.7. The highest BCUT2D eigenvalue weighted by Crippen LogP contribution is 2.50. The lowest BCUT2D eigenvalue weighted by Gasteiger charge is -2.27. The number of hydrogen-bond acceptors (Lipinski definition) is 1. The number of aromatic nitrogens is 1. The second kappa shape index (κ2) is 12.2. The first kappa shape index (κ1) is 30.5. The maximum atomic E-state index is 2.40. The quantitative estimate of drug-likeness (QED) is 0.169. The highest BCUT2D eigenvalue weighted by Gasteiger charge is 2.24. The number of fused-ring (bicyclic) bond motifs is 6. The summed E-state index contributed by atoms with van der Waals surface area (Å²) in [4.78, 5) is 2.40. The molecular weight excluding hydrogens is 653 g/mol. The molecule has 9 aromatic carbocycles. The summed E-state index contributed by atoms with van der Waals surface area (Å²) >= 11 is 0. The maximum absolute atomic E-state index is 2.40. The fourth-order valence-electron chi connectivity index (χ4n) is 8.64. The van der Waals surface area contributed by atoms with Gasteiger partial charge in [0.25, 0.3) is 0 Å². The van der Waals surface area contributed by atoms with Crippen molar-refractivity contribution in [2.45, 2.75) is 0 Å². The minimum Gasteiger partial charge on any atom is -0.310 e. The minimum atomic E-state index is 1.11. The molecule has 0 radical (unpaired) electrons. The van der Waals surface area contributed by atoms with Gasteiger partial charge < -0.3 is 9.47 Å². The standard InChI is InChI=1S/C52H34N2/c1-2-12-35(13-3-1)36-24-28-40(29-25-36)53(43-33-39-15-11-21-48-44-17-4-5-18-45(44)49(34-43)52(39)48)41-30-26-37(27-31-41)38-14-10-16-42(32-38)54-50-22-8-6-19-46(50)47-20-7-9-23-51(47)54/h1-34H. The van der Waals surface area contributed by atoms with Crippen LogP contribution >= 0.6 is 0 Å². The molecule has 2 nitrogen and oxygen atoms in total. The van der Waals surface area contributed by atoms with E-state index in [4.69, 9.17) is 0 Å². The summed E-state index contributed by atoms with van der Waals surface area (Å²) in [6.07, 6.45) is 0. The van der Waals surface area contributed by atoms with E-state index in [2.05, 4.69) is 216 Å². The molecule has 0 unspecified atom stereocenters. The highest BCUT2D eigenvalue weighted by molar-refractivity contribution is 6.16. The van der Waals surface area contributed by atoms with Crippen molar-refractivity contribution in [2.75, 3.05) is 4.90 Å². The molecule has 54 heavy (non-hydrogen) atoms. The van der Waals surface area contributed by atoms with Gasteiger partial charge in [0, 0.05) is 33.5 Å². The zero-order valence-corrected chi connectivity index (χ0v) is 29.5. The summed E-state index contributed by atoms with van der Waals surface area (Å²) in [6.45, 7) is 0. The zero-order chi connectivity index (χ0) is 35.6. The van der Waals surface area contributed by atoms with Crippen molar-refractivity contribution >= 4 is 49.6 Å². The van der Waals surface area contributed by atoms with Gasteiger partial charge in [-0.1, -0.05) is 146 Å². The van der Waals surface area contributed by atoms with Crippen molar-refractivity contribution in [1.29, 1.82) is 0 Å². The Hall–Kier alpha value is -7.16.